The van der Waals surface area contributed by atoms with E-state index in [1.165, 1.54) is 0 Å². The molecule has 17 heteroatoms. The van der Waals surface area contributed by atoms with Crippen LogP contribution in [-0.4, -0.2) is 160 Å². The van der Waals surface area contributed by atoms with E-state index < -0.39 is 23.3 Å². The first-order valence-electron chi connectivity index (χ1n) is 20.4. The highest BCUT2D eigenvalue weighted by Crippen LogP contribution is 2.16. The highest BCUT2D eigenvalue weighted by Gasteiger charge is 2.21. The van der Waals surface area contributed by atoms with Crippen LogP contribution >= 0.6 is 0 Å². The number of nitrogens with one attached hydrogen (secondary N) is 2. The number of rotatable bonds is 36. The molecule has 340 valence electrons. The van der Waals surface area contributed by atoms with Crippen LogP contribution in [0, 0.1) is 0 Å². The molecule has 1 aromatic carbocycles. The Hall–Kier alpha value is -3.42. The first-order chi connectivity index (χ1) is 28.2. The van der Waals surface area contributed by atoms with Crippen LogP contribution in [0.3, 0.4) is 0 Å². The highest BCUT2D eigenvalue weighted by atomic mass is 16.6. The molecular weight excluding hydrogens is 772 g/mol. The molecule has 1 atom stereocenters. The van der Waals surface area contributed by atoms with Crippen LogP contribution in [0.5, 0.6) is 5.75 Å². The Labute approximate surface area is 351 Å². The molecule has 0 unspecified atom stereocenters. The molecule has 0 spiro atoms. The Balaban J connectivity index is 2.39. The molecule has 1 aromatic rings. The third-order valence-electron chi connectivity index (χ3n) is 7.47. The molecule has 0 saturated carbocycles. The largest absolute Gasteiger partial charge is 0.493 e. The summed E-state index contributed by atoms with van der Waals surface area (Å²) in [6, 6.07) is 6.45. The normalized spacial score (nSPS) is 12.2. The monoisotopic (exact) mass is 844 g/mol. The second-order valence-electron chi connectivity index (χ2n) is 15.2. The predicted molar refractivity (Wildman–Crippen MR) is 219 cm³/mol. The van der Waals surface area contributed by atoms with Crippen molar-refractivity contribution in [3.8, 4) is 5.75 Å². The van der Waals surface area contributed by atoms with Crippen molar-refractivity contribution in [2.45, 2.75) is 90.9 Å². The summed E-state index contributed by atoms with van der Waals surface area (Å²) < 4.78 is 59.5. The van der Waals surface area contributed by atoms with Gasteiger partial charge in [-0.25, -0.2) is 4.79 Å². The Bertz CT molecular complexity index is 1250. The number of alkyl carbamates (subject to hydrolysis) is 1. The second kappa shape index (κ2) is 33.3. The van der Waals surface area contributed by atoms with Gasteiger partial charge in [-0.3, -0.25) is 14.4 Å². The van der Waals surface area contributed by atoms with Crippen molar-refractivity contribution >= 4 is 23.8 Å². The molecule has 0 aliphatic carbocycles. The maximum Gasteiger partial charge on any atom is 0.407 e. The summed E-state index contributed by atoms with van der Waals surface area (Å²) in [5.41, 5.74) is -0.274. The standard InChI is InChI=1S/C42H72N2O15/c1-41(2,3)58-39(47)15-19-57-35-12-10-34(11-13-35)33-36(37(45)9-8-17-50-23-26-54-30-29-53-22-21-49-7)44-38(46)14-18-51-24-27-55-31-32-56-28-25-52-20-16-43-40(48)59-42(4,5)6/h10-13,36H,8-9,14-33H2,1-7H3,(H,43,48)(H,44,46)/t36-/m0/s1. The number of carbonyl (C=O) groups is 4. The van der Waals surface area contributed by atoms with E-state index in [4.69, 9.17) is 52.1 Å². The van der Waals surface area contributed by atoms with Crippen LogP contribution in [0.1, 0.15) is 72.8 Å². The minimum atomic E-state index is -0.745. The van der Waals surface area contributed by atoms with Gasteiger partial charge in [0.25, 0.3) is 0 Å². The van der Waals surface area contributed by atoms with Gasteiger partial charge in [-0.05, 0) is 72.1 Å². The molecule has 0 bridgehead atoms. The fraction of sp³-hybridized carbons (Fsp3) is 0.762. The fourth-order valence-electron chi connectivity index (χ4n) is 4.79. The van der Waals surface area contributed by atoms with Crippen molar-refractivity contribution in [3.63, 3.8) is 0 Å². The summed E-state index contributed by atoms with van der Waals surface area (Å²) in [7, 11) is 1.62. The molecule has 2 amide bonds. The van der Waals surface area contributed by atoms with E-state index >= 15 is 0 Å². The molecular formula is C42H72N2O15. The quantitative estimate of drug-likeness (QED) is 0.0731. The van der Waals surface area contributed by atoms with E-state index in [1.54, 1.807) is 40.0 Å². The van der Waals surface area contributed by atoms with Crippen molar-refractivity contribution in [2.75, 3.05) is 119 Å². The lowest BCUT2D eigenvalue weighted by molar-refractivity contribution is -0.155. The topological polar surface area (TPSA) is 194 Å². The second-order valence-corrected chi connectivity index (χ2v) is 15.2. The minimum Gasteiger partial charge on any atom is -0.493 e. The zero-order valence-electron chi connectivity index (χ0n) is 36.6. The lowest BCUT2D eigenvalue weighted by Gasteiger charge is -2.19. The average molecular weight is 845 g/mol. The number of amides is 2. The van der Waals surface area contributed by atoms with E-state index in [0.29, 0.717) is 111 Å². The van der Waals surface area contributed by atoms with Crippen LogP contribution < -0.4 is 15.4 Å². The first kappa shape index (κ1) is 53.6. The zero-order valence-corrected chi connectivity index (χ0v) is 36.6. The summed E-state index contributed by atoms with van der Waals surface area (Å²) in [6.45, 7) is 17.2. The van der Waals surface area contributed by atoms with Crippen molar-refractivity contribution in [1.82, 2.24) is 10.6 Å². The Kier molecular flexibility index (Phi) is 30.3. The Morgan fingerprint density at radius 2 is 1.05 bits per heavy atom. The Morgan fingerprint density at radius 1 is 0.559 bits per heavy atom. The summed E-state index contributed by atoms with van der Waals surface area (Å²) in [5.74, 6) is -0.178. The molecule has 17 nitrogen and oxygen atoms in total. The van der Waals surface area contributed by atoms with Gasteiger partial charge in [0, 0.05) is 33.1 Å². The molecule has 0 aromatic heterocycles. The molecule has 1 rings (SSSR count). The van der Waals surface area contributed by atoms with Crippen LogP contribution in [-0.2, 0) is 68.2 Å². The van der Waals surface area contributed by atoms with E-state index in [-0.39, 0.29) is 56.6 Å². The number of hydrogen-bond acceptors (Lipinski definition) is 15. The van der Waals surface area contributed by atoms with Gasteiger partial charge in [-0.2, -0.15) is 0 Å². The van der Waals surface area contributed by atoms with Gasteiger partial charge in [0.1, 0.15) is 17.0 Å². The van der Waals surface area contributed by atoms with Gasteiger partial charge in [0.2, 0.25) is 5.91 Å². The average Bonchev–Trinajstić information content (AvgIpc) is 3.15. The van der Waals surface area contributed by atoms with Crippen molar-refractivity contribution in [1.29, 1.82) is 0 Å². The lowest BCUT2D eigenvalue weighted by Crippen LogP contribution is -2.42. The number of ether oxygens (including phenoxy) is 11. The third-order valence-corrected chi connectivity index (χ3v) is 7.47. The summed E-state index contributed by atoms with van der Waals surface area (Å²) in [6.07, 6.45) is 0.716. The van der Waals surface area contributed by atoms with E-state index in [9.17, 15) is 19.2 Å². The third kappa shape index (κ3) is 34.0. The van der Waals surface area contributed by atoms with Gasteiger partial charge < -0.3 is 62.7 Å². The molecule has 0 radical (unpaired) electrons. The number of Topliss-reactive ketones (excluding diaryl/α,β-unsaturated/α-hetero) is 1. The first-order valence-corrected chi connectivity index (χ1v) is 20.4. The van der Waals surface area contributed by atoms with Crippen molar-refractivity contribution in [2.24, 2.45) is 0 Å². The van der Waals surface area contributed by atoms with Crippen molar-refractivity contribution < 1.29 is 71.3 Å². The molecule has 0 saturated heterocycles. The number of methoxy groups -OCH3 is 1. The van der Waals surface area contributed by atoms with Gasteiger partial charge in [0.15, 0.2) is 5.78 Å². The van der Waals surface area contributed by atoms with Crippen LogP contribution in [0.2, 0.25) is 0 Å². The SMILES string of the molecule is COCCOCCOCCOCCCC(=O)[C@H](Cc1ccc(OCCC(=O)OC(C)(C)C)cc1)NC(=O)CCOCCOCCOCCOCCNC(=O)OC(C)(C)C. The van der Waals surface area contributed by atoms with Gasteiger partial charge in [0.05, 0.1) is 112 Å². The minimum absolute atomic E-state index is 0.0745. The summed E-state index contributed by atoms with van der Waals surface area (Å²) in [4.78, 5) is 49.8. The summed E-state index contributed by atoms with van der Waals surface area (Å²) >= 11 is 0. The molecule has 0 aliphatic heterocycles. The number of carbonyl (C=O) groups excluding carboxylic acids is 4. The van der Waals surface area contributed by atoms with Crippen LogP contribution in [0.25, 0.3) is 0 Å². The fourth-order valence-corrected chi connectivity index (χ4v) is 4.79. The maximum absolute atomic E-state index is 13.3. The predicted octanol–water partition coefficient (Wildman–Crippen LogP) is 3.85. The summed E-state index contributed by atoms with van der Waals surface area (Å²) in [5, 5.41) is 5.50. The van der Waals surface area contributed by atoms with E-state index in [1.807, 2.05) is 32.9 Å². The van der Waals surface area contributed by atoms with E-state index in [0.717, 1.165) is 5.56 Å². The molecule has 0 fully saturated rings. The Morgan fingerprint density at radius 3 is 1.58 bits per heavy atom. The number of hydrogen-bond donors (Lipinski definition) is 2. The van der Waals surface area contributed by atoms with Crippen LogP contribution in [0.4, 0.5) is 4.79 Å². The molecule has 0 heterocycles. The van der Waals surface area contributed by atoms with Gasteiger partial charge in [-0.15, -0.1) is 0 Å². The maximum atomic E-state index is 13.3. The van der Waals surface area contributed by atoms with Gasteiger partial charge >= 0.3 is 12.1 Å². The molecule has 2 N–H and O–H groups in total. The number of esters is 1. The number of ketones is 1. The molecule has 0 aliphatic rings. The lowest BCUT2D eigenvalue weighted by atomic mass is 9.99. The van der Waals surface area contributed by atoms with Crippen molar-refractivity contribution in [3.05, 3.63) is 29.8 Å². The highest BCUT2D eigenvalue weighted by molar-refractivity contribution is 5.89. The van der Waals surface area contributed by atoms with E-state index in [2.05, 4.69) is 10.6 Å². The smallest absolute Gasteiger partial charge is 0.407 e. The zero-order chi connectivity index (χ0) is 43.6. The van der Waals surface area contributed by atoms with Gasteiger partial charge in [-0.1, -0.05) is 12.1 Å². The molecule has 59 heavy (non-hydrogen) atoms. The number of benzene rings is 1. The van der Waals surface area contributed by atoms with Crippen LogP contribution in [0.15, 0.2) is 24.3 Å².